The standard InChI is InChI=1S/C26H24O2P2.CH3.O.V/c27-23-15-7-9-17-25(23)29(21-11-3-1-4-12-21)19-20-30(22-13-5-2-6-14-22)26-18-10-8-16-24(26)28;;;/h1-18,27-28H,19-20H2;1H3;;/q;-1;;/p+2. The van der Waals surface area contributed by atoms with E-state index in [1.165, 1.54) is 10.6 Å². The van der Waals surface area contributed by atoms with Crippen LogP contribution >= 0.6 is 15.8 Å². The van der Waals surface area contributed by atoms with E-state index in [2.05, 4.69) is 60.7 Å². The van der Waals surface area contributed by atoms with E-state index < -0.39 is 15.8 Å². The van der Waals surface area contributed by atoms with Crippen molar-refractivity contribution in [1.29, 1.82) is 0 Å². The molecule has 0 saturated heterocycles. The van der Waals surface area contributed by atoms with Gasteiger partial charge in [-0.05, 0) is 48.5 Å². The van der Waals surface area contributed by atoms with Gasteiger partial charge in [-0.2, -0.15) is 0 Å². The number of aromatic hydroxyl groups is 2. The van der Waals surface area contributed by atoms with Crippen LogP contribution in [0.15, 0.2) is 109 Å². The zero-order valence-electron chi connectivity index (χ0n) is 18.6. The van der Waals surface area contributed by atoms with Crippen molar-refractivity contribution in [2.24, 2.45) is 0 Å². The molecule has 6 heteroatoms. The van der Waals surface area contributed by atoms with Gasteiger partial charge in [-0.15, -0.1) is 0 Å². The molecule has 0 saturated carbocycles. The molecule has 0 aliphatic rings. The second kappa shape index (κ2) is 14.1. The van der Waals surface area contributed by atoms with E-state index >= 15 is 0 Å². The minimum atomic E-state index is -1.16. The molecular weight excluding hydrogens is 485 g/mol. The molecule has 0 aliphatic heterocycles. The fourth-order valence-corrected chi connectivity index (χ4v) is 10.2. The average molecular weight is 514 g/mol. The topological polar surface area (TPSA) is 57.5 Å². The van der Waals surface area contributed by atoms with E-state index in [9.17, 15) is 10.2 Å². The zero-order valence-corrected chi connectivity index (χ0v) is 22.0. The van der Waals surface area contributed by atoms with E-state index in [0.29, 0.717) is 11.5 Å². The Balaban J connectivity index is 0.00000125. The van der Waals surface area contributed by atoms with Gasteiger partial charge in [0.15, 0.2) is 11.5 Å². The molecule has 2 N–H and O–H groups in total. The zero-order chi connectivity index (χ0) is 22.8. The number of phenolic OH excluding ortho intramolecular Hbond substituents is 2. The van der Waals surface area contributed by atoms with E-state index in [1.54, 1.807) is 12.1 Å². The molecule has 169 valence electrons. The van der Waals surface area contributed by atoms with Crippen molar-refractivity contribution < 1.29 is 31.3 Å². The molecule has 0 amide bonds. The van der Waals surface area contributed by atoms with Gasteiger partial charge in [-0.25, -0.2) is 0 Å². The first kappa shape index (κ1) is 27.0. The molecule has 2 unspecified atom stereocenters. The molecule has 4 aromatic carbocycles. The molecule has 0 heterocycles. The number of hydrogen-bond acceptors (Lipinski definition) is 3. The summed E-state index contributed by atoms with van der Waals surface area (Å²) in [6, 6.07) is 36.6. The molecule has 3 nitrogen and oxygen atoms in total. The van der Waals surface area contributed by atoms with Crippen molar-refractivity contribution >= 4 is 37.1 Å². The number of phenols is 2. The number of para-hydroxylation sites is 2. The van der Waals surface area contributed by atoms with Crippen LogP contribution in [0.1, 0.15) is 0 Å². The summed E-state index contributed by atoms with van der Waals surface area (Å²) in [5, 5.41) is 25.9. The van der Waals surface area contributed by atoms with Gasteiger partial charge >= 0.3 is 21.0 Å². The van der Waals surface area contributed by atoms with Crippen molar-refractivity contribution in [1.82, 2.24) is 0 Å². The Morgan fingerprint density at radius 1 is 0.515 bits per heavy atom. The Bertz CT molecular complexity index is 1020. The minimum absolute atomic E-state index is 0. The summed E-state index contributed by atoms with van der Waals surface area (Å²) in [5.41, 5.74) is 0. The summed E-state index contributed by atoms with van der Waals surface area (Å²) in [7, 11) is -2.32. The molecule has 4 rings (SSSR count). The molecule has 4 aromatic rings. The van der Waals surface area contributed by atoms with E-state index in [1.807, 2.05) is 36.4 Å². The van der Waals surface area contributed by atoms with Gasteiger partial charge in [0.25, 0.3) is 0 Å². The molecule has 0 spiro atoms. The monoisotopic (exact) mass is 514 g/mol. The Hall–Kier alpha value is -2.28. The first-order chi connectivity index (χ1) is 15.7. The van der Waals surface area contributed by atoms with Crippen molar-refractivity contribution in [3.05, 3.63) is 117 Å². The summed E-state index contributed by atoms with van der Waals surface area (Å²) >= 11 is 1.06. The third kappa shape index (κ3) is 7.10. The Kier molecular flexibility index (Phi) is 11.5. The molecule has 0 aliphatic carbocycles. The van der Waals surface area contributed by atoms with Crippen LogP contribution in [-0.2, 0) is 21.0 Å². The Labute approximate surface area is 208 Å². The molecule has 0 bridgehead atoms. The van der Waals surface area contributed by atoms with Crippen LogP contribution < -0.4 is 21.2 Å². The van der Waals surface area contributed by atoms with Crippen LogP contribution in [0.3, 0.4) is 0 Å². The molecule has 0 fully saturated rings. The summed E-state index contributed by atoms with van der Waals surface area (Å²) in [6.45, 7) is 0. The maximum atomic E-state index is 10.6. The molecule has 33 heavy (non-hydrogen) atoms. The summed E-state index contributed by atoms with van der Waals surface area (Å²) in [4.78, 5) is 0. The van der Waals surface area contributed by atoms with E-state index in [4.69, 9.17) is 3.67 Å². The fourth-order valence-electron chi connectivity index (χ4n) is 3.86. The van der Waals surface area contributed by atoms with Crippen LogP contribution in [-0.4, -0.2) is 22.5 Å². The van der Waals surface area contributed by atoms with Gasteiger partial charge in [0, 0.05) is 0 Å². The van der Waals surface area contributed by atoms with Crippen molar-refractivity contribution in [3.8, 4) is 11.5 Å². The maximum absolute atomic E-state index is 10.6. The quantitative estimate of drug-likeness (QED) is 0.283. The van der Waals surface area contributed by atoms with Crippen molar-refractivity contribution in [2.75, 3.05) is 12.3 Å². The molecule has 0 aromatic heterocycles. The number of benzene rings is 4. The van der Waals surface area contributed by atoms with Crippen LogP contribution in [0.25, 0.3) is 0 Å². The van der Waals surface area contributed by atoms with Crippen LogP contribution in [0, 0.1) is 7.43 Å². The van der Waals surface area contributed by atoms with E-state index in [0.717, 1.165) is 40.3 Å². The average Bonchev–Trinajstić information content (AvgIpc) is 2.86. The number of hydrogen-bond donors (Lipinski definition) is 2. The second-order valence-electron chi connectivity index (χ2n) is 7.22. The first-order valence-corrected chi connectivity index (χ1v) is 14.3. The van der Waals surface area contributed by atoms with Gasteiger partial charge in [-0.1, -0.05) is 60.7 Å². The van der Waals surface area contributed by atoms with Crippen LogP contribution in [0.4, 0.5) is 0 Å². The predicted octanol–water partition coefficient (Wildman–Crippen LogP) is 4.46. The van der Waals surface area contributed by atoms with Crippen LogP contribution in [0.5, 0.6) is 11.5 Å². The van der Waals surface area contributed by atoms with Gasteiger partial charge in [-0.3, -0.25) is 0 Å². The summed E-state index contributed by atoms with van der Waals surface area (Å²) in [6.07, 6.45) is 1.98. The summed E-state index contributed by atoms with van der Waals surface area (Å²) < 4.78 is 8.19. The fraction of sp³-hybridized carbons (Fsp3) is 0.0741. The Morgan fingerprint density at radius 3 is 1.15 bits per heavy atom. The van der Waals surface area contributed by atoms with Crippen LogP contribution in [0.2, 0.25) is 0 Å². The van der Waals surface area contributed by atoms with Gasteiger partial charge in [0.05, 0.1) is 26.5 Å². The van der Waals surface area contributed by atoms with Crippen molar-refractivity contribution in [2.45, 2.75) is 0 Å². The number of rotatable bonds is 7. The second-order valence-corrected chi connectivity index (χ2v) is 12.4. The molecular formula is C27H29O3P2V+. The predicted molar refractivity (Wildman–Crippen MR) is 141 cm³/mol. The third-order valence-corrected chi connectivity index (χ3v) is 11.5. The third-order valence-electron chi connectivity index (χ3n) is 5.33. The molecule has 2 atom stereocenters. The van der Waals surface area contributed by atoms with E-state index in [-0.39, 0.29) is 7.43 Å². The Morgan fingerprint density at radius 2 is 0.818 bits per heavy atom. The van der Waals surface area contributed by atoms with Gasteiger partial charge in [0.2, 0.25) is 0 Å². The van der Waals surface area contributed by atoms with Crippen molar-refractivity contribution in [3.63, 3.8) is 0 Å². The summed E-state index contributed by atoms with van der Waals surface area (Å²) in [5.74, 6) is 0.762. The van der Waals surface area contributed by atoms with Gasteiger partial charge in [0.1, 0.15) is 22.9 Å². The SMILES string of the molecule is Oc1ccccc1[PH+](CC[PH+](c1ccccc1)c1ccccc1O)c1ccccc1.[CH3-].[O]=[V]. The van der Waals surface area contributed by atoms with Gasteiger partial charge < -0.3 is 17.6 Å². The first-order valence-electron chi connectivity index (χ1n) is 10.3. The molecule has 0 radical (unpaired) electrons. The normalized spacial score (nSPS) is 11.8.